The molecule has 1 saturated heterocycles. The molecule has 0 aromatic heterocycles. The van der Waals surface area contributed by atoms with Gasteiger partial charge >= 0.3 is 0 Å². The molecule has 0 saturated carbocycles. The first kappa shape index (κ1) is 13.1. The van der Waals surface area contributed by atoms with Gasteiger partial charge in [0.25, 0.3) is 0 Å². The van der Waals surface area contributed by atoms with Crippen LogP contribution in [-0.2, 0) is 0 Å². The molecular formula is C14H21FN2O. The largest absolute Gasteiger partial charge is 0.491 e. The monoisotopic (exact) mass is 252 g/mol. The van der Waals surface area contributed by atoms with Crippen molar-refractivity contribution in [1.82, 2.24) is 5.32 Å². The van der Waals surface area contributed by atoms with Crippen LogP contribution in [-0.4, -0.2) is 32.3 Å². The lowest BCUT2D eigenvalue weighted by atomic mass is 10.2. The Labute approximate surface area is 108 Å². The van der Waals surface area contributed by atoms with Gasteiger partial charge in [0.1, 0.15) is 11.6 Å². The number of halogens is 1. The Morgan fingerprint density at radius 2 is 2.11 bits per heavy atom. The van der Waals surface area contributed by atoms with Gasteiger partial charge in [-0.1, -0.05) is 6.92 Å². The van der Waals surface area contributed by atoms with E-state index in [-0.39, 0.29) is 11.9 Å². The zero-order valence-corrected chi connectivity index (χ0v) is 11.1. The van der Waals surface area contributed by atoms with Crippen LogP contribution in [0.3, 0.4) is 0 Å². The SMILES string of the molecule is CCC(C)Oc1ccc(N2CCNCC2)c(F)c1. The summed E-state index contributed by atoms with van der Waals surface area (Å²) in [5, 5.41) is 3.26. The van der Waals surface area contributed by atoms with Crippen molar-refractivity contribution in [2.45, 2.75) is 26.4 Å². The maximum atomic E-state index is 14.0. The number of nitrogens with zero attached hydrogens (tertiary/aromatic N) is 1. The second kappa shape index (κ2) is 6.05. The molecule has 1 atom stereocenters. The average molecular weight is 252 g/mol. The molecule has 0 amide bonds. The molecule has 0 bridgehead atoms. The third-order valence-corrected chi connectivity index (χ3v) is 3.29. The summed E-state index contributed by atoms with van der Waals surface area (Å²) in [5.74, 6) is 0.415. The maximum Gasteiger partial charge on any atom is 0.150 e. The third kappa shape index (κ3) is 3.13. The first-order valence-electron chi connectivity index (χ1n) is 6.62. The summed E-state index contributed by atoms with van der Waals surface area (Å²) in [6.45, 7) is 7.55. The lowest BCUT2D eigenvalue weighted by Gasteiger charge is -2.29. The minimum absolute atomic E-state index is 0.120. The van der Waals surface area contributed by atoms with Crippen molar-refractivity contribution in [3.8, 4) is 5.75 Å². The molecule has 1 fully saturated rings. The molecule has 3 nitrogen and oxygen atoms in total. The Balaban J connectivity index is 2.09. The quantitative estimate of drug-likeness (QED) is 0.890. The van der Waals surface area contributed by atoms with Gasteiger partial charge in [-0.2, -0.15) is 0 Å². The van der Waals surface area contributed by atoms with Crippen molar-refractivity contribution in [2.75, 3.05) is 31.1 Å². The van der Waals surface area contributed by atoms with Crippen molar-refractivity contribution in [1.29, 1.82) is 0 Å². The summed E-state index contributed by atoms with van der Waals surface area (Å²) in [4.78, 5) is 2.07. The number of piperazine rings is 1. The van der Waals surface area contributed by atoms with Crippen molar-refractivity contribution >= 4 is 5.69 Å². The van der Waals surface area contributed by atoms with Gasteiger partial charge in [-0.05, 0) is 25.5 Å². The van der Waals surface area contributed by atoms with E-state index in [0.29, 0.717) is 11.4 Å². The Kier molecular flexibility index (Phi) is 4.42. The molecule has 100 valence electrons. The van der Waals surface area contributed by atoms with Crippen LogP contribution in [0, 0.1) is 5.82 Å². The fraction of sp³-hybridized carbons (Fsp3) is 0.571. The average Bonchev–Trinajstić information content (AvgIpc) is 2.40. The minimum Gasteiger partial charge on any atom is -0.491 e. The normalized spacial score (nSPS) is 17.6. The highest BCUT2D eigenvalue weighted by atomic mass is 19.1. The van der Waals surface area contributed by atoms with Crippen LogP contribution in [0.4, 0.5) is 10.1 Å². The molecule has 1 heterocycles. The molecule has 0 aliphatic carbocycles. The summed E-state index contributed by atoms with van der Waals surface area (Å²) in [6.07, 6.45) is 1.04. The van der Waals surface area contributed by atoms with E-state index in [2.05, 4.69) is 17.1 Å². The van der Waals surface area contributed by atoms with Crippen molar-refractivity contribution in [3.63, 3.8) is 0 Å². The lowest BCUT2D eigenvalue weighted by Crippen LogP contribution is -2.43. The first-order chi connectivity index (χ1) is 8.70. The van der Waals surface area contributed by atoms with Gasteiger partial charge in [0.2, 0.25) is 0 Å². The minimum atomic E-state index is -0.197. The highest BCUT2D eigenvalue weighted by Gasteiger charge is 2.15. The van der Waals surface area contributed by atoms with Crippen LogP contribution < -0.4 is 15.0 Å². The number of hydrogen-bond acceptors (Lipinski definition) is 3. The molecule has 2 rings (SSSR count). The number of ether oxygens (including phenoxy) is 1. The van der Waals surface area contributed by atoms with Gasteiger partial charge in [-0.25, -0.2) is 4.39 Å². The molecule has 1 aliphatic rings. The second-order valence-electron chi connectivity index (χ2n) is 4.69. The van der Waals surface area contributed by atoms with Crippen LogP contribution >= 0.6 is 0 Å². The van der Waals surface area contributed by atoms with Gasteiger partial charge in [-0.3, -0.25) is 0 Å². The van der Waals surface area contributed by atoms with Crippen LogP contribution in [0.15, 0.2) is 18.2 Å². The van der Waals surface area contributed by atoms with E-state index >= 15 is 0 Å². The molecule has 1 unspecified atom stereocenters. The maximum absolute atomic E-state index is 14.0. The van der Waals surface area contributed by atoms with E-state index in [9.17, 15) is 4.39 Å². The molecule has 4 heteroatoms. The molecule has 1 N–H and O–H groups in total. The fourth-order valence-electron chi connectivity index (χ4n) is 2.04. The number of hydrogen-bond donors (Lipinski definition) is 1. The molecular weight excluding hydrogens is 231 g/mol. The van der Waals surface area contributed by atoms with Crippen LogP contribution in [0.25, 0.3) is 0 Å². The summed E-state index contributed by atoms with van der Waals surface area (Å²) >= 11 is 0. The van der Waals surface area contributed by atoms with Crippen LogP contribution in [0.1, 0.15) is 20.3 Å². The van der Waals surface area contributed by atoms with Crippen molar-refractivity contribution < 1.29 is 9.13 Å². The van der Waals surface area contributed by atoms with Gasteiger partial charge in [0, 0.05) is 32.2 Å². The Morgan fingerprint density at radius 3 is 2.72 bits per heavy atom. The predicted molar refractivity (Wildman–Crippen MR) is 71.9 cm³/mol. The second-order valence-corrected chi connectivity index (χ2v) is 4.69. The third-order valence-electron chi connectivity index (χ3n) is 3.29. The smallest absolute Gasteiger partial charge is 0.150 e. The summed E-state index contributed by atoms with van der Waals surface area (Å²) < 4.78 is 19.7. The van der Waals surface area contributed by atoms with Gasteiger partial charge in [-0.15, -0.1) is 0 Å². The zero-order chi connectivity index (χ0) is 13.0. The lowest BCUT2D eigenvalue weighted by molar-refractivity contribution is 0.216. The topological polar surface area (TPSA) is 24.5 Å². The number of benzene rings is 1. The van der Waals surface area contributed by atoms with E-state index in [4.69, 9.17) is 4.74 Å². The highest BCUT2D eigenvalue weighted by molar-refractivity contribution is 5.51. The van der Waals surface area contributed by atoms with E-state index in [1.165, 1.54) is 6.07 Å². The van der Waals surface area contributed by atoms with Gasteiger partial charge in [0.05, 0.1) is 11.8 Å². The Bertz CT molecular complexity index is 391. The van der Waals surface area contributed by atoms with Crippen LogP contribution in [0.5, 0.6) is 5.75 Å². The first-order valence-corrected chi connectivity index (χ1v) is 6.62. The van der Waals surface area contributed by atoms with E-state index in [1.54, 1.807) is 0 Å². The van der Waals surface area contributed by atoms with E-state index in [0.717, 1.165) is 32.6 Å². The molecule has 0 spiro atoms. The number of nitrogens with one attached hydrogen (secondary N) is 1. The Hall–Kier alpha value is -1.29. The number of anilines is 1. The van der Waals surface area contributed by atoms with E-state index in [1.807, 2.05) is 19.1 Å². The molecule has 18 heavy (non-hydrogen) atoms. The summed E-state index contributed by atoms with van der Waals surface area (Å²) in [7, 11) is 0. The predicted octanol–water partition coefficient (Wildman–Crippen LogP) is 2.41. The molecule has 1 aromatic carbocycles. The van der Waals surface area contributed by atoms with Gasteiger partial charge in [0.15, 0.2) is 0 Å². The summed E-state index contributed by atoms with van der Waals surface area (Å²) in [6, 6.07) is 5.16. The molecule has 1 aromatic rings. The molecule has 1 aliphatic heterocycles. The molecule has 0 radical (unpaired) electrons. The van der Waals surface area contributed by atoms with Crippen molar-refractivity contribution in [2.24, 2.45) is 0 Å². The standard InChI is InChI=1S/C14H21FN2O/c1-3-11(2)18-12-4-5-14(13(15)10-12)17-8-6-16-7-9-17/h4-5,10-11,16H,3,6-9H2,1-2H3. The van der Waals surface area contributed by atoms with E-state index < -0.39 is 0 Å². The highest BCUT2D eigenvalue weighted by Crippen LogP contribution is 2.25. The van der Waals surface area contributed by atoms with Crippen molar-refractivity contribution in [3.05, 3.63) is 24.0 Å². The Morgan fingerprint density at radius 1 is 1.39 bits per heavy atom. The van der Waals surface area contributed by atoms with Gasteiger partial charge < -0.3 is 15.0 Å². The number of rotatable bonds is 4. The summed E-state index contributed by atoms with van der Waals surface area (Å²) in [5.41, 5.74) is 0.674. The van der Waals surface area contributed by atoms with Crippen LogP contribution in [0.2, 0.25) is 0 Å². The fourth-order valence-corrected chi connectivity index (χ4v) is 2.04. The zero-order valence-electron chi connectivity index (χ0n) is 11.1.